The molecule has 0 saturated carbocycles. The van der Waals surface area contributed by atoms with Gasteiger partial charge in [0.25, 0.3) is 0 Å². The molecule has 1 atom stereocenters. The molecule has 0 aliphatic carbocycles. The maximum atomic E-state index is 13.6. The van der Waals surface area contributed by atoms with Gasteiger partial charge < -0.3 is 25.3 Å². The van der Waals surface area contributed by atoms with E-state index in [1.165, 1.54) is 18.5 Å². The number of benzene rings is 1. The molecule has 0 spiro atoms. The van der Waals surface area contributed by atoms with Crippen molar-refractivity contribution in [1.82, 2.24) is 24.8 Å². The van der Waals surface area contributed by atoms with Crippen LogP contribution in [0.2, 0.25) is 5.02 Å². The van der Waals surface area contributed by atoms with Crippen molar-refractivity contribution in [3.63, 3.8) is 0 Å². The fourth-order valence-electron chi connectivity index (χ4n) is 4.36. The lowest BCUT2D eigenvalue weighted by molar-refractivity contribution is -0.137. The van der Waals surface area contributed by atoms with Crippen molar-refractivity contribution in [3.8, 4) is 0 Å². The zero-order chi connectivity index (χ0) is 26.4. The second-order valence-corrected chi connectivity index (χ2v) is 9.33. The lowest BCUT2D eigenvalue weighted by Crippen LogP contribution is -2.42. The average Bonchev–Trinajstić information content (AvgIpc) is 2.88. The van der Waals surface area contributed by atoms with Crippen LogP contribution >= 0.6 is 11.6 Å². The first-order valence-electron chi connectivity index (χ1n) is 11.9. The Bertz CT molecular complexity index is 1260. The summed E-state index contributed by atoms with van der Waals surface area (Å²) >= 11 is 5.90. The number of carbonyl (C=O) groups is 2. The summed E-state index contributed by atoms with van der Waals surface area (Å²) in [7, 11) is 0. The molecule has 37 heavy (non-hydrogen) atoms. The van der Waals surface area contributed by atoms with E-state index in [1.54, 1.807) is 12.3 Å². The van der Waals surface area contributed by atoms with E-state index in [1.807, 2.05) is 4.90 Å². The molecule has 196 valence electrons. The van der Waals surface area contributed by atoms with Gasteiger partial charge in [0.15, 0.2) is 5.82 Å². The van der Waals surface area contributed by atoms with Gasteiger partial charge in [0.2, 0.25) is 5.95 Å². The van der Waals surface area contributed by atoms with E-state index in [4.69, 9.17) is 26.8 Å². The highest BCUT2D eigenvalue weighted by Crippen LogP contribution is 2.27. The predicted molar refractivity (Wildman–Crippen MR) is 136 cm³/mol. The predicted octanol–water partition coefficient (Wildman–Crippen LogP) is 3.42. The van der Waals surface area contributed by atoms with Crippen LogP contribution in [0.15, 0.2) is 30.7 Å². The number of anilines is 3. The van der Waals surface area contributed by atoms with Crippen molar-refractivity contribution in [3.05, 3.63) is 41.6 Å². The first-order chi connectivity index (χ1) is 17.8. The van der Waals surface area contributed by atoms with Gasteiger partial charge in [0.1, 0.15) is 23.2 Å². The summed E-state index contributed by atoms with van der Waals surface area (Å²) < 4.78 is 13.6. The van der Waals surface area contributed by atoms with Gasteiger partial charge >= 0.3 is 11.9 Å². The zero-order valence-electron chi connectivity index (χ0n) is 20.0. The third-order valence-electron chi connectivity index (χ3n) is 6.15. The lowest BCUT2D eigenvalue weighted by Gasteiger charge is -2.35. The third kappa shape index (κ3) is 7.20. The number of rotatable bonds is 11. The van der Waals surface area contributed by atoms with Crippen molar-refractivity contribution in [2.75, 3.05) is 42.9 Å². The van der Waals surface area contributed by atoms with E-state index in [0.717, 1.165) is 19.4 Å². The number of aliphatic carboxylic acids is 2. The molecule has 1 unspecified atom stereocenters. The molecule has 1 aliphatic rings. The summed E-state index contributed by atoms with van der Waals surface area (Å²) in [6.45, 7) is 2.57. The fourth-order valence-corrected chi connectivity index (χ4v) is 4.54. The molecule has 3 aromatic rings. The van der Waals surface area contributed by atoms with Crippen LogP contribution in [0.1, 0.15) is 25.7 Å². The number of carboxylic acid groups (broad SMARTS) is 2. The molecule has 0 amide bonds. The summed E-state index contributed by atoms with van der Waals surface area (Å²) in [5.74, 6) is -1.21. The molecule has 0 radical (unpaired) electrons. The molecule has 1 saturated heterocycles. The quantitative estimate of drug-likeness (QED) is 0.334. The van der Waals surface area contributed by atoms with Crippen LogP contribution in [0.3, 0.4) is 0 Å². The molecule has 2 aromatic heterocycles. The van der Waals surface area contributed by atoms with Gasteiger partial charge in [-0.05, 0) is 37.0 Å². The fraction of sp³-hybridized carbons (Fsp3) is 0.417. The Labute approximate surface area is 217 Å². The first-order valence-corrected chi connectivity index (χ1v) is 12.3. The highest BCUT2D eigenvalue weighted by molar-refractivity contribution is 6.31. The molecule has 13 heteroatoms. The Hall–Kier alpha value is -3.64. The Kier molecular flexibility index (Phi) is 8.62. The Morgan fingerprint density at radius 2 is 1.92 bits per heavy atom. The Morgan fingerprint density at radius 1 is 1.16 bits per heavy atom. The number of hydrogen-bond acceptors (Lipinski definition) is 9. The van der Waals surface area contributed by atoms with E-state index in [9.17, 15) is 14.0 Å². The molecule has 1 aromatic carbocycles. The summed E-state index contributed by atoms with van der Waals surface area (Å²) in [5.41, 5.74) is 1.59. The van der Waals surface area contributed by atoms with Crippen molar-refractivity contribution < 1.29 is 24.2 Å². The second-order valence-electron chi connectivity index (χ2n) is 8.92. The number of nitrogens with zero attached hydrogens (tertiary/aromatic N) is 6. The maximum Gasteiger partial charge on any atom is 0.304 e. The van der Waals surface area contributed by atoms with Crippen LogP contribution in [-0.4, -0.2) is 79.7 Å². The molecular formula is C24H27ClFN7O4. The molecule has 1 aliphatic heterocycles. The minimum absolute atomic E-state index is 0.0150. The van der Waals surface area contributed by atoms with E-state index < -0.39 is 17.8 Å². The molecule has 4 rings (SSSR count). The minimum Gasteiger partial charge on any atom is -0.481 e. The van der Waals surface area contributed by atoms with E-state index in [0.29, 0.717) is 54.7 Å². The number of nitrogens with one attached hydrogen (secondary N) is 1. The minimum atomic E-state index is -0.912. The molecule has 1 fully saturated rings. The number of halogens is 2. The number of piperidine rings is 1. The first kappa shape index (κ1) is 26.4. The number of fused-ring (bicyclic) bond motifs is 1. The lowest BCUT2D eigenvalue weighted by atomic mass is 9.97. The summed E-state index contributed by atoms with van der Waals surface area (Å²) in [4.78, 5) is 43.8. The molecule has 3 N–H and O–H groups in total. The van der Waals surface area contributed by atoms with Gasteiger partial charge in [-0.2, -0.15) is 0 Å². The third-order valence-corrected chi connectivity index (χ3v) is 6.44. The number of carboxylic acids is 2. The molecule has 11 nitrogen and oxygen atoms in total. The van der Waals surface area contributed by atoms with Gasteiger partial charge in [0, 0.05) is 38.4 Å². The summed E-state index contributed by atoms with van der Waals surface area (Å²) in [5, 5.41) is 21.2. The molecule has 0 bridgehead atoms. The Morgan fingerprint density at radius 3 is 2.62 bits per heavy atom. The number of hydrogen-bond donors (Lipinski definition) is 3. The maximum absolute atomic E-state index is 13.6. The van der Waals surface area contributed by atoms with Crippen molar-refractivity contribution in [2.24, 2.45) is 5.92 Å². The van der Waals surface area contributed by atoms with Crippen LogP contribution < -0.4 is 10.2 Å². The standard InChI is InChI=1S/C24H27ClFN7O4/c25-17-10-16(3-4-18(17)26)30-23-22-19(28-14-29-23)11-27-24(31-22)33-7-1-2-15(13-33)12-32(8-5-20(34)35)9-6-21(36)37/h3-4,10-11,14-15H,1-2,5-9,12-13H2,(H,34,35)(H,36,37)(H,28,29,30). The zero-order valence-corrected chi connectivity index (χ0v) is 20.7. The van der Waals surface area contributed by atoms with Crippen LogP contribution in [0.25, 0.3) is 11.0 Å². The normalized spacial score (nSPS) is 15.8. The highest BCUT2D eigenvalue weighted by Gasteiger charge is 2.25. The monoisotopic (exact) mass is 531 g/mol. The van der Waals surface area contributed by atoms with Crippen LogP contribution in [0, 0.1) is 11.7 Å². The largest absolute Gasteiger partial charge is 0.481 e. The second kappa shape index (κ2) is 12.1. The number of aromatic nitrogens is 4. The SMILES string of the molecule is O=C(O)CCN(CCC(=O)O)CC1CCCN(c2ncc3ncnc(Nc4ccc(F)c(Cl)c4)c3n2)C1. The Balaban J connectivity index is 1.50. The van der Waals surface area contributed by atoms with Gasteiger partial charge in [-0.3, -0.25) is 9.59 Å². The van der Waals surface area contributed by atoms with E-state index >= 15 is 0 Å². The summed E-state index contributed by atoms with van der Waals surface area (Å²) in [6.07, 6.45) is 4.75. The topological polar surface area (TPSA) is 145 Å². The molecular weight excluding hydrogens is 505 g/mol. The average molecular weight is 532 g/mol. The highest BCUT2D eigenvalue weighted by atomic mass is 35.5. The van der Waals surface area contributed by atoms with Crippen molar-refractivity contribution in [1.29, 1.82) is 0 Å². The van der Waals surface area contributed by atoms with Crippen LogP contribution in [-0.2, 0) is 9.59 Å². The molecule has 3 heterocycles. The van der Waals surface area contributed by atoms with Crippen LogP contribution in [0.5, 0.6) is 0 Å². The van der Waals surface area contributed by atoms with Crippen LogP contribution in [0.4, 0.5) is 21.8 Å². The van der Waals surface area contributed by atoms with Crippen molar-refractivity contribution >= 4 is 52.0 Å². The van der Waals surface area contributed by atoms with Gasteiger partial charge in [0.05, 0.1) is 24.1 Å². The van der Waals surface area contributed by atoms with Gasteiger partial charge in [-0.1, -0.05) is 11.6 Å². The smallest absolute Gasteiger partial charge is 0.304 e. The van der Waals surface area contributed by atoms with E-state index in [2.05, 4.69) is 25.2 Å². The van der Waals surface area contributed by atoms with Gasteiger partial charge in [-0.25, -0.2) is 24.3 Å². The van der Waals surface area contributed by atoms with Gasteiger partial charge in [-0.15, -0.1) is 0 Å². The summed E-state index contributed by atoms with van der Waals surface area (Å²) in [6, 6.07) is 4.27. The van der Waals surface area contributed by atoms with Crippen molar-refractivity contribution in [2.45, 2.75) is 25.7 Å². The van der Waals surface area contributed by atoms with E-state index in [-0.39, 0.29) is 23.8 Å².